The van der Waals surface area contributed by atoms with Crippen molar-refractivity contribution < 1.29 is 0 Å². The average Bonchev–Trinajstić information content (AvgIpc) is 3.85. The van der Waals surface area contributed by atoms with Crippen LogP contribution in [-0.2, 0) is 16.2 Å². The van der Waals surface area contributed by atoms with E-state index in [4.69, 9.17) is 0 Å². The Morgan fingerprint density at radius 1 is 0.231 bits per heavy atom. The Balaban J connectivity index is 0.938. The Morgan fingerprint density at radius 2 is 0.564 bits per heavy atom. The third-order valence-electron chi connectivity index (χ3n) is 17.6. The first-order chi connectivity index (χ1) is 38.5. The maximum absolute atomic E-state index is 2.49. The van der Waals surface area contributed by atoms with Gasteiger partial charge in [0.05, 0.1) is 10.8 Å². The molecular formula is C77H55N. The molecule has 0 aromatic heterocycles. The molecule has 12 aromatic carbocycles. The Labute approximate surface area is 458 Å². The zero-order chi connectivity index (χ0) is 52.0. The van der Waals surface area contributed by atoms with Crippen molar-refractivity contribution in [3.05, 3.63) is 353 Å². The van der Waals surface area contributed by atoms with Crippen LogP contribution in [0, 0.1) is 0 Å². The van der Waals surface area contributed by atoms with Crippen molar-refractivity contribution >= 4 is 17.1 Å². The molecule has 12 aromatic rings. The summed E-state index contributed by atoms with van der Waals surface area (Å²) in [4.78, 5) is 2.49. The zero-order valence-corrected chi connectivity index (χ0v) is 43.7. The molecule has 0 spiro atoms. The minimum absolute atomic E-state index is 0.119. The SMILES string of the molecule is CC1(C)c2ccccc2-c2cc(N(c3cccc(-c4cccc5c4-c4ccccc4C5(c4ccccc4)c4ccccc4)c3)c3cccc(-c4cccc5c4-c4ccccc4C5(c4ccccc4)c4ccccc4)c3)ccc21. The molecule has 0 heterocycles. The minimum Gasteiger partial charge on any atom is -0.310 e. The summed E-state index contributed by atoms with van der Waals surface area (Å²) in [6.07, 6.45) is 0. The van der Waals surface area contributed by atoms with Gasteiger partial charge in [-0.3, -0.25) is 0 Å². The van der Waals surface area contributed by atoms with Gasteiger partial charge in [0.25, 0.3) is 0 Å². The molecule has 0 radical (unpaired) electrons. The van der Waals surface area contributed by atoms with Crippen molar-refractivity contribution in [2.45, 2.75) is 30.1 Å². The molecule has 0 saturated carbocycles. The molecule has 0 fully saturated rings. The van der Waals surface area contributed by atoms with Crippen LogP contribution in [0.5, 0.6) is 0 Å². The molecule has 0 atom stereocenters. The first-order valence-electron chi connectivity index (χ1n) is 27.4. The van der Waals surface area contributed by atoms with Gasteiger partial charge in [-0.1, -0.05) is 275 Å². The highest BCUT2D eigenvalue weighted by Gasteiger charge is 2.48. The van der Waals surface area contributed by atoms with Crippen molar-refractivity contribution in [1.29, 1.82) is 0 Å². The maximum Gasteiger partial charge on any atom is 0.0713 e. The van der Waals surface area contributed by atoms with Crippen LogP contribution >= 0.6 is 0 Å². The third kappa shape index (κ3) is 6.55. The number of anilines is 3. The van der Waals surface area contributed by atoms with E-state index in [-0.39, 0.29) is 5.41 Å². The van der Waals surface area contributed by atoms with Gasteiger partial charge in [-0.2, -0.15) is 0 Å². The fraction of sp³-hybridized carbons (Fsp3) is 0.0649. The molecule has 0 N–H and O–H groups in total. The lowest BCUT2D eigenvalue weighted by Gasteiger charge is -2.34. The number of hydrogen-bond acceptors (Lipinski definition) is 1. The highest BCUT2D eigenvalue weighted by Crippen LogP contribution is 2.61. The van der Waals surface area contributed by atoms with Crippen molar-refractivity contribution in [1.82, 2.24) is 0 Å². The van der Waals surface area contributed by atoms with Crippen LogP contribution in [0.2, 0.25) is 0 Å². The quantitative estimate of drug-likeness (QED) is 0.139. The first kappa shape index (κ1) is 45.8. The van der Waals surface area contributed by atoms with E-state index in [9.17, 15) is 0 Å². The summed E-state index contributed by atoms with van der Waals surface area (Å²) in [5, 5.41) is 0. The van der Waals surface area contributed by atoms with Crippen molar-refractivity contribution in [3.8, 4) is 55.6 Å². The van der Waals surface area contributed by atoms with Gasteiger partial charge in [-0.25, -0.2) is 0 Å². The van der Waals surface area contributed by atoms with E-state index < -0.39 is 10.8 Å². The molecule has 0 bridgehead atoms. The average molecular weight is 994 g/mol. The summed E-state index contributed by atoms with van der Waals surface area (Å²) in [5.74, 6) is 0. The monoisotopic (exact) mass is 993 g/mol. The summed E-state index contributed by atoms with van der Waals surface area (Å²) >= 11 is 0. The number of rotatable bonds is 9. The molecule has 15 rings (SSSR count). The lowest BCUT2D eigenvalue weighted by molar-refractivity contribution is 0.660. The van der Waals surface area contributed by atoms with Gasteiger partial charge >= 0.3 is 0 Å². The molecule has 3 aliphatic rings. The van der Waals surface area contributed by atoms with Crippen LogP contribution in [-0.4, -0.2) is 0 Å². The number of fused-ring (bicyclic) bond motifs is 9. The van der Waals surface area contributed by atoms with E-state index >= 15 is 0 Å². The van der Waals surface area contributed by atoms with E-state index in [1.54, 1.807) is 0 Å². The second-order valence-electron chi connectivity index (χ2n) is 21.8. The summed E-state index contributed by atoms with van der Waals surface area (Å²) in [5.41, 5.74) is 27.6. The Hall–Kier alpha value is -9.56. The number of benzene rings is 12. The fourth-order valence-corrected chi connectivity index (χ4v) is 14.4. The summed E-state index contributed by atoms with van der Waals surface area (Å²) in [7, 11) is 0. The summed E-state index contributed by atoms with van der Waals surface area (Å²) < 4.78 is 0. The fourth-order valence-electron chi connectivity index (χ4n) is 14.4. The van der Waals surface area contributed by atoms with E-state index in [2.05, 4.69) is 316 Å². The van der Waals surface area contributed by atoms with E-state index in [1.165, 1.54) is 111 Å². The summed E-state index contributed by atoms with van der Waals surface area (Å²) in [6, 6.07) is 111. The second-order valence-corrected chi connectivity index (χ2v) is 21.8. The van der Waals surface area contributed by atoms with Gasteiger partial charge in [-0.05, 0) is 148 Å². The summed E-state index contributed by atoms with van der Waals surface area (Å²) in [6.45, 7) is 4.73. The van der Waals surface area contributed by atoms with Crippen LogP contribution in [0.4, 0.5) is 17.1 Å². The smallest absolute Gasteiger partial charge is 0.0713 e. The van der Waals surface area contributed by atoms with Gasteiger partial charge in [-0.15, -0.1) is 0 Å². The van der Waals surface area contributed by atoms with Gasteiger partial charge < -0.3 is 4.90 Å². The van der Waals surface area contributed by atoms with Gasteiger partial charge in [0.15, 0.2) is 0 Å². The normalized spacial score (nSPS) is 14.3. The topological polar surface area (TPSA) is 3.24 Å². The highest BCUT2D eigenvalue weighted by molar-refractivity contribution is 5.99. The molecule has 0 amide bonds. The van der Waals surface area contributed by atoms with Crippen LogP contribution in [0.3, 0.4) is 0 Å². The van der Waals surface area contributed by atoms with Crippen LogP contribution in [0.15, 0.2) is 297 Å². The number of hydrogen-bond donors (Lipinski definition) is 0. The first-order valence-corrected chi connectivity index (χ1v) is 27.4. The van der Waals surface area contributed by atoms with Crippen molar-refractivity contribution in [2.24, 2.45) is 0 Å². The molecule has 1 heteroatoms. The van der Waals surface area contributed by atoms with Gasteiger partial charge in [0.2, 0.25) is 0 Å². The molecule has 0 aliphatic heterocycles. The van der Waals surface area contributed by atoms with E-state index in [1.807, 2.05) is 0 Å². The number of nitrogens with zero attached hydrogens (tertiary/aromatic N) is 1. The molecule has 0 unspecified atom stereocenters. The Morgan fingerprint density at radius 3 is 1.01 bits per heavy atom. The molecular weight excluding hydrogens is 939 g/mol. The highest BCUT2D eigenvalue weighted by atomic mass is 15.1. The molecule has 78 heavy (non-hydrogen) atoms. The lowest BCUT2D eigenvalue weighted by atomic mass is 9.67. The van der Waals surface area contributed by atoms with Gasteiger partial charge in [0, 0.05) is 22.5 Å². The zero-order valence-electron chi connectivity index (χ0n) is 43.7. The third-order valence-corrected chi connectivity index (χ3v) is 17.6. The Kier molecular flexibility index (Phi) is 10.4. The van der Waals surface area contributed by atoms with Crippen molar-refractivity contribution in [3.63, 3.8) is 0 Å². The van der Waals surface area contributed by atoms with E-state index in [0.717, 1.165) is 17.1 Å². The van der Waals surface area contributed by atoms with E-state index in [0.29, 0.717) is 0 Å². The second kappa shape index (κ2) is 17.8. The molecule has 1 nitrogen and oxygen atoms in total. The minimum atomic E-state index is -0.497. The maximum atomic E-state index is 2.49. The largest absolute Gasteiger partial charge is 0.310 e. The predicted molar refractivity (Wildman–Crippen MR) is 324 cm³/mol. The molecule has 0 saturated heterocycles. The molecule has 368 valence electrons. The van der Waals surface area contributed by atoms with Gasteiger partial charge in [0.1, 0.15) is 0 Å². The molecule has 3 aliphatic carbocycles. The lowest BCUT2D eigenvalue weighted by Crippen LogP contribution is -2.28. The van der Waals surface area contributed by atoms with Crippen molar-refractivity contribution in [2.75, 3.05) is 4.90 Å². The Bertz CT molecular complexity index is 3980. The van der Waals surface area contributed by atoms with Crippen LogP contribution < -0.4 is 4.90 Å². The standard InChI is InChI=1S/C77H55N/c1-75(2)67-42-18-15-37-63(67)66-51-60(47-48-68(66)75)78(58-35-21-25-52(49-58)61-40-23-45-71-73(61)64-38-16-19-43-69(64)76(71,54-27-7-3-8-28-54)55-29-9-4-10-30-55)59-36-22-26-53(50-59)62-41-24-46-72-74(62)65-39-17-20-44-70(65)77(72,56-31-11-5-12-32-56)57-33-13-6-14-34-57/h3-51H,1-2H3. The predicted octanol–water partition coefficient (Wildman–Crippen LogP) is 19.5. The van der Waals surface area contributed by atoms with Crippen LogP contribution in [0.1, 0.15) is 69.5 Å². The van der Waals surface area contributed by atoms with Crippen LogP contribution in [0.25, 0.3) is 55.6 Å².